The second kappa shape index (κ2) is 10.8. The minimum Gasteiger partial charge on any atom is -0.494 e. The zero-order valence-corrected chi connectivity index (χ0v) is 17.3. The molecule has 1 aliphatic heterocycles. The Morgan fingerprint density at radius 1 is 1.17 bits per heavy atom. The zero-order chi connectivity index (χ0) is 20.5. The van der Waals surface area contributed by atoms with Crippen LogP contribution in [0.25, 0.3) is 0 Å². The van der Waals surface area contributed by atoms with Crippen molar-refractivity contribution in [3.05, 3.63) is 54.1 Å². The van der Waals surface area contributed by atoms with Crippen LogP contribution >= 0.6 is 12.2 Å². The van der Waals surface area contributed by atoms with Gasteiger partial charge in [0.1, 0.15) is 18.1 Å². The minimum absolute atomic E-state index is 0.157. The van der Waals surface area contributed by atoms with Crippen LogP contribution in [0.5, 0.6) is 11.5 Å². The molecule has 0 aliphatic carbocycles. The third-order valence-corrected chi connectivity index (χ3v) is 4.55. The normalized spacial score (nSPS) is 15.6. The van der Waals surface area contributed by atoms with Crippen LogP contribution in [-0.2, 0) is 4.74 Å². The van der Waals surface area contributed by atoms with Crippen LogP contribution in [-0.4, -0.2) is 36.9 Å². The number of ether oxygens (including phenoxy) is 3. The molecule has 1 heterocycles. The van der Waals surface area contributed by atoms with Gasteiger partial charge in [-0.15, -0.1) is 0 Å². The Labute approximate surface area is 176 Å². The summed E-state index contributed by atoms with van der Waals surface area (Å²) < 4.78 is 16.9. The van der Waals surface area contributed by atoms with Gasteiger partial charge in [0.05, 0.1) is 12.7 Å². The lowest BCUT2D eigenvalue weighted by Gasteiger charge is -2.14. The Hall–Kier alpha value is -2.64. The highest BCUT2D eigenvalue weighted by atomic mass is 32.1. The van der Waals surface area contributed by atoms with Crippen molar-refractivity contribution in [1.29, 1.82) is 0 Å². The predicted octanol–water partition coefficient (Wildman–Crippen LogP) is 4.16. The van der Waals surface area contributed by atoms with Crippen LogP contribution in [0.1, 0.15) is 36.5 Å². The molecule has 0 aromatic heterocycles. The molecule has 1 saturated heterocycles. The first kappa shape index (κ1) is 21.1. The number of thiocarbonyl (C=S) groups is 1. The van der Waals surface area contributed by atoms with Crippen LogP contribution in [0.4, 0.5) is 5.69 Å². The van der Waals surface area contributed by atoms with Crippen LogP contribution in [0.3, 0.4) is 0 Å². The summed E-state index contributed by atoms with van der Waals surface area (Å²) in [5.74, 6) is 1.09. The molecule has 3 rings (SSSR count). The lowest BCUT2D eigenvalue weighted by atomic mass is 10.2. The second-order valence-corrected chi connectivity index (χ2v) is 7.17. The number of carbonyl (C=O) groups is 1. The number of anilines is 1. The standard InChI is InChI=1S/C22H26N2O4S/c1-2-11-26-18-8-3-6-16(13-18)21(25)24-22(29)23-17-7-4-9-19(14-17)28-15-20-10-5-12-27-20/h3-4,6-9,13-14,20H,2,5,10-12,15H2,1H3,(H2,23,24,25,29). The lowest BCUT2D eigenvalue weighted by molar-refractivity contribution is 0.0680. The van der Waals surface area contributed by atoms with E-state index in [1.165, 1.54) is 0 Å². The maximum Gasteiger partial charge on any atom is 0.257 e. The van der Waals surface area contributed by atoms with Gasteiger partial charge in [-0.3, -0.25) is 10.1 Å². The summed E-state index contributed by atoms with van der Waals surface area (Å²) in [6, 6.07) is 14.5. The first-order valence-corrected chi connectivity index (χ1v) is 10.2. The molecule has 2 aromatic carbocycles. The minimum atomic E-state index is -0.296. The van der Waals surface area contributed by atoms with E-state index in [2.05, 4.69) is 10.6 Å². The van der Waals surface area contributed by atoms with E-state index in [0.29, 0.717) is 24.5 Å². The van der Waals surface area contributed by atoms with Crippen molar-refractivity contribution in [3.8, 4) is 11.5 Å². The molecule has 1 amide bonds. The van der Waals surface area contributed by atoms with Crippen LogP contribution < -0.4 is 20.1 Å². The fraction of sp³-hybridized carbons (Fsp3) is 0.364. The fourth-order valence-corrected chi connectivity index (χ4v) is 3.12. The predicted molar refractivity (Wildman–Crippen MR) is 117 cm³/mol. The third-order valence-electron chi connectivity index (χ3n) is 4.35. The first-order valence-electron chi connectivity index (χ1n) is 9.83. The van der Waals surface area contributed by atoms with Gasteiger partial charge >= 0.3 is 0 Å². The van der Waals surface area contributed by atoms with Crippen molar-refractivity contribution >= 4 is 28.9 Å². The summed E-state index contributed by atoms with van der Waals surface area (Å²) in [7, 11) is 0. The molecule has 0 bridgehead atoms. The smallest absolute Gasteiger partial charge is 0.257 e. The Morgan fingerprint density at radius 2 is 1.97 bits per heavy atom. The summed E-state index contributed by atoms with van der Waals surface area (Å²) >= 11 is 5.28. The Kier molecular flexibility index (Phi) is 7.84. The van der Waals surface area contributed by atoms with Crippen molar-refractivity contribution in [2.45, 2.75) is 32.3 Å². The number of rotatable bonds is 8. The number of amides is 1. The molecular formula is C22H26N2O4S. The maximum atomic E-state index is 12.5. The molecule has 0 radical (unpaired) electrons. The molecular weight excluding hydrogens is 388 g/mol. The first-order chi connectivity index (χ1) is 14.1. The summed E-state index contributed by atoms with van der Waals surface area (Å²) in [6.07, 6.45) is 3.17. The quantitative estimate of drug-likeness (QED) is 0.632. The van der Waals surface area contributed by atoms with Crippen molar-refractivity contribution in [2.75, 3.05) is 25.1 Å². The zero-order valence-electron chi connectivity index (χ0n) is 16.5. The van der Waals surface area contributed by atoms with Gasteiger partial charge in [-0.25, -0.2) is 0 Å². The molecule has 1 aliphatic rings. The molecule has 6 nitrogen and oxygen atoms in total. The highest BCUT2D eigenvalue weighted by molar-refractivity contribution is 7.80. The van der Waals surface area contributed by atoms with Crippen LogP contribution in [0, 0.1) is 0 Å². The SMILES string of the molecule is CCCOc1cccc(C(=O)NC(=S)Nc2cccc(OCC3CCCO3)c2)c1. The van der Waals surface area contributed by atoms with E-state index in [-0.39, 0.29) is 17.1 Å². The highest BCUT2D eigenvalue weighted by Crippen LogP contribution is 2.20. The average Bonchev–Trinajstić information content (AvgIpc) is 3.25. The van der Waals surface area contributed by atoms with E-state index >= 15 is 0 Å². The molecule has 1 fully saturated rings. The molecule has 29 heavy (non-hydrogen) atoms. The molecule has 2 aromatic rings. The molecule has 7 heteroatoms. The van der Waals surface area contributed by atoms with E-state index in [4.69, 9.17) is 26.4 Å². The number of nitrogens with one attached hydrogen (secondary N) is 2. The Morgan fingerprint density at radius 3 is 2.72 bits per heavy atom. The van der Waals surface area contributed by atoms with E-state index in [9.17, 15) is 4.79 Å². The summed E-state index contributed by atoms with van der Waals surface area (Å²) in [5, 5.41) is 5.92. The van der Waals surface area contributed by atoms with Gasteiger partial charge in [0.2, 0.25) is 0 Å². The van der Waals surface area contributed by atoms with Crippen LogP contribution in [0.15, 0.2) is 48.5 Å². The second-order valence-electron chi connectivity index (χ2n) is 6.76. The van der Waals surface area contributed by atoms with E-state index in [1.807, 2.05) is 37.3 Å². The van der Waals surface area contributed by atoms with Crippen molar-refractivity contribution in [3.63, 3.8) is 0 Å². The molecule has 1 unspecified atom stereocenters. The van der Waals surface area contributed by atoms with Gasteiger partial charge in [-0.05, 0) is 61.8 Å². The van der Waals surface area contributed by atoms with E-state index in [1.54, 1.807) is 18.2 Å². The van der Waals surface area contributed by atoms with Crippen molar-refractivity contribution in [1.82, 2.24) is 5.32 Å². The molecule has 1 atom stereocenters. The summed E-state index contributed by atoms with van der Waals surface area (Å²) in [6.45, 7) is 3.97. The number of hydrogen-bond acceptors (Lipinski definition) is 5. The molecule has 0 saturated carbocycles. The van der Waals surface area contributed by atoms with Crippen molar-refractivity contribution < 1.29 is 19.0 Å². The summed E-state index contributed by atoms with van der Waals surface area (Å²) in [4.78, 5) is 12.5. The lowest BCUT2D eigenvalue weighted by Crippen LogP contribution is -2.34. The maximum absolute atomic E-state index is 12.5. The summed E-state index contributed by atoms with van der Waals surface area (Å²) in [5.41, 5.74) is 1.22. The fourth-order valence-electron chi connectivity index (χ4n) is 2.91. The van der Waals surface area contributed by atoms with Gasteiger partial charge in [-0.2, -0.15) is 0 Å². The number of benzene rings is 2. The third kappa shape index (κ3) is 6.73. The van der Waals surface area contributed by atoms with Gasteiger partial charge in [0, 0.05) is 23.9 Å². The topological polar surface area (TPSA) is 68.8 Å². The molecule has 0 spiro atoms. The van der Waals surface area contributed by atoms with Crippen molar-refractivity contribution in [2.24, 2.45) is 0 Å². The molecule has 154 valence electrons. The van der Waals surface area contributed by atoms with Gasteiger partial charge in [0.15, 0.2) is 5.11 Å². The van der Waals surface area contributed by atoms with Gasteiger partial charge in [0.25, 0.3) is 5.91 Å². The monoisotopic (exact) mass is 414 g/mol. The van der Waals surface area contributed by atoms with E-state index in [0.717, 1.165) is 37.3 Å². The average molecular weight is 415 g/mol. The largest absolute Gasteiger partial charge is 0.494 e. The number of hydrogen-bond donors (Lipinski definition) is 2. The number of carbonyl (C=O) groups excluding carboxylic acids is 1. The van der Waals surface area contributed by atoms with Crippen LogP contribution in [0.2, 0.25) is 0 Å². The van der Waals surface area contributed by atoms with Gasteiger partial charge in [-0.1, -0.05) is 19.1 Å². The Balaban J connectivity index is 1.52. The molecule has 2 N–H and O–H groups in total. The van der Waals surface area contributed by atoms with E-state index < -0.39 is 0 Å². The highest BCUT2D eigenvalue weighted by Gasteiger charge is 2.16. The van der Waals surface area contributed by atoms with Gasteiger partial charge < -0.3 is 19.5 Å². The Bertz CT molecular complexity index is 837.